The minimum atomic E-state index is -3.61. The lowest BCUT2D eigenvalue weighted by Crippen LogP contribution is -2.33. The monoisotopic (exact) mass is 444 g/mol. The van der Waals surface area contributed by atoms with E-state index in [0.717, 1.165) is 42.6 Å². The first-order chi connectivity index (χ1) is 14.8. The molecule has 0 radical (unpaired) electrons. The molecule has 0 atom stereocenters. The van der Waals surface area contributed by atoms with E-state index >= 15 is 0 Å². The van der Waals surface area contributed by atoms with Gasteiger partial charge < -0.3 is 10.1 Å². The predicted molar refractivity (Wildman–Crippen MR) is 122 cm³/mol. The molecule has 0 saturated carbocycles. The molecule has 1 amide bonds. The third kappa shape index (κ3) is 6.08. The standard InChI is InChI=1S/C24H32N2O4S/c1-18-14-19(2)16-22(15-18)30-13-10-25-24(27)21-9-8-20(3)23(17-21)31(28,29)26-11-6-4-5-7-12-26/h8-9,14-17H,4-7,10-13H2,1-3H3,(H,25,27). The van der Waals surface area contributed by atoms with E-state index in [1.54, 1.807) is 23.4 Å². The van der Waals surface area contributed by atoms with Gasteiger partial charge in [0.2, 0.25) is 10.0 Å². The fraction of sp³-hybridized carbons (Fsp3) is 0.458. The topological polar surface area (TPSA) is 75.7 Å². The Hall–Kier alpha value is -2.38. The number of nitrogens with zero attached hydrogens (tertiary/aromatic N) is 1. The van der Waals surface area contributed by atoms with Crippen molar-refractivity contribution in [3.8, 4) is 5.75 Å². The highest BCUT2D eigenvalue weighted by Gasteiger charge is 2.27. The van der Waals surface area contributed by atoms with Gasteiger partial charge in [0, 0.05) is 18.7 Å². The van der Waals surface area contributed by atoms with Crippen LogP contribution in [-0.4, -0.2) is 44.9 Å². The van der Waals surface area contributed by atoms with Crippen molar-refractivity contribution in [2.75, 3.05) is 26.2 Å². The van der Waals surface area contributed by atoms with Gasteiger partial charge in [-0.25, -0.2) is 8.42 Å². The number of nitrogens with one attached hydrogen (secondary N) is 1. The average Bonchev–Trinajstić information content (AvgIpc) is 3.01. The molecule has 6 nitrogen and oxygen atoms in total. The van der Waals surface area contributed by atoms with Crippen LogP contribution in [0.5, 0.6) is 5.75 Å². The van der Waals surface area contributed by atoms with Crippen LogP contribution in [0.1, 0.15) is 52.7 Å². The molecule has 0 bridgehead atoms. The van der Waals surface area contributed by atoms with Crippen LogP contribution in [0.15, 0.2) is 41.3 Å². The first-order valence-corrected chi connectivity index (χ1v) is 12.3. The molecule has 31 heavy (non-hydrogen) atoms. The molecule has 1 fully saturated rings. The molecule has 0 unspecified atom stereocenters. The Kier molecular flexibility index (Phi) is 7.73. The van der Waals surface area contributed by atoms with Crippen LogP contribution in [0.4, 0.5) is 0 Å². The smallest absolute Gasteiger partial charge is 0.251 e. The van der Waals surface area contributed by atoms with E-state index in [1.165, 1.54) is 6.07 Å². The fourth-order valence-electron chi connectivity index (χ4n) is 3.89. The van der Waals surface area contributed by atoms with Crippen LogP contribution < -0.4 is 10.1 Å². The van der Waals surface area contributed by atoms with Gasteiger partial charge in [-0.05, 0) is 74.6 Å². The zero-order valence-electron chi connectivity index (χ0n) is 18.6. The predicted octanol–water partition coefficient (Wildman–Crippen LogP) is 3.99. The summed E-state index contributed by atoms with van der Waals surface area (Å²) < 4.78 is 33.6. The summed E-state index contributed by atoms with van der Waals surface area (Å²) in [6, 6.07) is 10.8. The highest BCUT2D eigenvalue weighted by molar-refractivity contribution is 7.89. The van der Waals surface area contributed by atoms with Gasteiger partial charge in [0.1, 0.15) is 12.4 Å². The van der Waals surface area contributed by atoms with Gasteiger partial charge in [-0.1, -0.05) is 25.0 Å². The Bertz CT molecular complexity index is 1010. The Morgan fingerprint density at radius 3 is 2.26 bits per heavy atom. The van der Waals surface area contributed by atoms with Crippen molar-refractivity contribution < 1.29 is 17.9 Å². The molecule has 1 heterocycles. The Labute approximate surface area is 185 Å². The van der Waals surface area contributed by atoms with Crippen LogP contribution >= 0.6 is 0 Å². The largest absolute Gasteiger partial charge is 0.492 e. The molecule has 1 aliphatic heterocycles. The van der Waals surface area contributed by atoms with Crippen LogP contribution in [-0.2, 0) is 10.0 Å². The normalized spacial score (nSPS) is 15.3. The van der Waals surface area contributed by atoms with Crippen LogP contribution in [0, 0.1) is 20.8 Å². The minimum absolute atomic E-state index is 0.216. The Morgan fingerprint density at radius 2 is 1.61 bits per heavy atom. The summed E-state index contributed by atoms with van der Waals surface area (Å²) in [5.41, 5.74) is 3.23. The molecule has 0 spiro atoms. The summed E-state index contributed by atoms with van der Waals surface area (Å²) >= 11 is 0. The summed E-state index contributed by atoms with van der Waals surface area (Å²) in [7, 11) is -3.61. The van der Waals surface area contributed by atoms with Crippen molar-refractivity contribution in [2.24, 2.45) is 0 Å². The molecule has 0 aromatic heterocycles. The van der Waals surface area contributed by atoms with Gasteiger partial charge in [0.25, 0.3) is 5.91 Å². The third-order valence-corrected chi connectivity index (χ3v) is 7.53. The van der Waals surface area contributed by atoms with Gasteiger partial charge in [-0.15, -0.1) is 0 Å². The lowest BCUT2D eigenvalue weighted by molar-refractivity contribution is 0.0946. The summed E-state index contributed by atoms with van der Waals surface area (Å²) in [6.45, 7) is 7.52. The maximum absolute atomic E-state index is 13.2. The maximum Gasteiger partial charge on any atom is 0.251 e. The van der Waals surface area contributed by atoms with E-state index in [9.17, 15) is 13.2 Å². The maximum atomic E-state index is 13.2. The van der Waals surface area contributed by atoms with Crippen molar-refractivity contribution in [3.05, 3.63) is 58.7 Å². The molecule has 168 valence electrons. The molecule has 2 aromatic carbocycles. The third-order valence-electron chi connectivity index (χ3n) is 5.48. The van der Waals surface area contributed by atoms with Crippen molar-refractivity contribution in [1.29, 1.82) is 0 Å². The highest BCUT2D eigenvalue weighted by Crippen LogP contribution is 2.24. The summed E-state index contributed by atoms with van der Waals surface area (Å²) in [5.74, 6) is 0.462. The molecule has 3 rings (SSSR count). The van der Waals surface area contributed by atoms with Crippen LogP contribution in [0.2, 0.25) is 0 Å². The molecule has 1 saturated heterocycles. The number of rotatable bonds is 7. The SMILES string of the molecule is Cc1cc(C)cc(OCCNC(=O)c2ccc(C)c(S(=O)(=O)N3CCCCCC3)c2)c1. The molecule has 1 aliphatic rings. The van der Waals surface area contributed by atoms with E-state index in [-0.39, 0.29) is 10.8 Å². The minimum Gasteiger partial charge on any atom is -0.492 e. The van der Waals surface area contributed by atoms with Crippen LogP contribution in [0.3, 0.4) is 0 Å². The zero-order valence-corrected chi connectivity index (χ0v) is 19.4. The molecule has 1 N–H and O–H groups in total. The van der Waals surface area contributed by atoms with Crippen molar-refractivity contribution in [2.45, 2.75) is 51.3 Å². The quantitative estimate of drug-likeness (QED) is 0.656. The lowest BCUT2D eigenvalue weighted by atomic mass is 10.1. The number of carbonyl (C=O) groups excluding carboxylic acids is 1. The number of hydrogen-bond donors (Lipinski definition) is 1. The number of aryl methyl sites for hydroxylation is 3. The fourth-order valence-corrected chi connectivity index (χ4v) is 5.66. The van der Waals surface area contributed by atoms with Gasteiger partial charge in [-0.2, -0.15) is 4.31 Å². The van der Waals surface area contributed by atoms with E-state index in [4.69, 9.17) is 4.74 Å². The van der Waals surface area contributed by atoms with E-state index in [1.807, 2.05) is 26.0 Å². The van der Waals surface area contributed by atoms with Crippen molar-refractivity contribution in [3.63, 3.8) is 0 Å². The second-order valence-electron chi connectivity index (χ2n) is 8.23. The molecule has 2 aromatic rings. The number of sulfonamides is 1. The zero-order chi connectivity index (χ0) is 22.4. The number of ether oxygens (including phenoxy) is 1. The molecule has 0 aliphatic carbocycles. The number of hydrogen-bond acceptors (Lipinski definition) is 4. The first-order valence-electron chi connectivity index (χ1n) is 10.9. The Morgan fingerprint density at radius 1 is 0.968 bits per heavy atom. The van der Waals surface area contributed by atoms with E-state index < -0.39 is 10.0 Å². The lowest BCUT2D eigenvalue weighted by Gasteiger charge is -2.21. The summed E-state index contributed by atoms with van der Waals surface area (Å²) in [4.78, 5) is 12.8. The number of amides is 1. The number of carbonyl (C=O) groups is 1. The molecule has 7 heteroatoms. The van der Waals surface area contributed by atoms with E-state index in [2.05, 4.69) is 11.4 Å². The second kappa shape index (κ2) is 10.3. The van der Waals surface area contributed by atoms with Gasteiger partial charge in [-0.3, -0.25) is 4.79 Å². The van der Waals surface area contributed by atoms with Gasteiger partial charge in [0.15, 0.2) is 0 Å². The molecular formula is C24H32N2O4S. The van der Waals surface area contributed by atoms with E-state index in [0.29, 0.717) is 37.4 Å². The Balaban J connectivity index is 1.64. The van der Waals surface area contributed by atoms with Gasteiger partial charge >= 0.3 is 0 Å². The first kappa shape index (κ1) is 23.3. The number of benzene rings is 2. The summed E-state index contributed by atoms with van der Waals surface area (Å²) in [6.07, 6.45) is 3.85. The van der Waals surface area contributed by atoms with Crippen molar-refractivity contribution >= 4 is 15.9 Å². The molecular weight excluding hydrogens is 412 g/mol. The summed E-state index contributed by atoms with van der Waals surface area (Å²) in [5, 5.41) is 2.81. The van der Waals surface area contributed by atoms with Crippen molar-refractivity contribution in [1.82, 2.24) is 9.62 Å². The highest BCUT2D eigenvalue weighted by atomic mass is 32.2. The van der Waals surface area contributed by atoms with Gasteiger partial charge in [0.05, 0.1) is 11.4 Å². The second-order valence-corrected chi connectivity index (χ2v) is 10.1. The average molecular weight is 445 g/mol. The van der Waals surface area contributed by atoms with Crippen LogP contribution in [0.25, 0.3) is 0 Å².